The van der Waals surface area contributed by atoms with Crippen molar-refractivity contribution in [2.75, 3.05) is 13.2 Å². The van der Waals surface area contributed by atoms with E-state index in [0.29, 0.717) is 19.6 Å². The van der Waals surface area contributed by atoms with Gasteiger partial charge in [0.2, 0.25) is 0 Å². The van der Waals surface area contributed by atoms with Crippen molar-refractivity contribution in [3.8, 4) is 5.75 Å². The summed E-state index contributed by atoms with van der Waals surface area (Å²) in [6.07, 6.45) is 7.49. The number of carbonyl (C=O) groups is 2. The van der Waals surface area contributed by atoms with Gasteiger partial charge in [-0.3, -0.25) is 4.79 Å². The fourth-order valence-electron chi connectivity index (χ4n) is 4.72. The van der Waals surface area contributed by atoms with Gasteiger partial charge in [0.15, 0.2) is 0 Å². The number of nitrogens with one attached hydrogen (secondary N) is 1. The van der Waals surface area contributed by atoms with Gasteiger partial charge in [0.1, 0.15) is 12.0 Å². The second kappa shape index (κ2) is 13.2. The molecule has 4 heteroatoms. The summed E-state index contributed by atoms with van der Waals surface area (Å²) in [5.41, 5.74) is 5.34. The molecule has 0 aromatic heterocycles. The predicted molar refractivity (Wildman–Crippen MR) is 136 cm³/mol. The Bertz CT molecular complexity index is 915. The van der Waals surface area contributed by atoms with Crippen LogP contribution in [0.25, 0.3) is 0 Å². The molecule has 0 radical (unpaired) electrons. The van der Waals surface area contributed by atoms with Crippen LogP contribution in [0.15, 0.2) is 36.4 Å². The van der Waals surface area contributed by atoms with Crippen LogP contribution in [-0.4, -0.2) is 25.3 Å². The standard InChI is InChI=1S/C29H41NO3/c1-6-29(7-2,25-15-17-27(33-8-3)23(5)21-25)24-14-16-26(22(4)20-24)28(32)30-18-12-10-9-11-13-19-31/h14-17,19-21H,6-13,18H2,1-5H3,(H,30,32). The van der Waals surface area contributed by atoms with E-state index in [1.807, 2.05) is 19.9 Å². The molecule has 0 unspecified atom stereocenters. The zero-order valence-corrected chi connectivity index (χ0v) is 21.1. The molecule has 1 N–H and O–H groups in total. The lowest BCUT2D eigenvalue weighted by molar-refractivity contribution is -0.107. The Morgan fingerprint density at radius 3 is 2.12 bits per heavy atom. The van der Waals surface area contributed by atoms with Crippen molar-refractivity contribution in [2.45, 2.75) is 85.0 Å². The van der Waals surface area contributed by atoms with Gasteiger partial charge in [-0.2, -0.15) is 0 Å². The van der Waals surface area contributed by atoms with Crippen LogP contribution in [0.5, 0.6) is 5.75 Å². The molecule has 33 heavy (non-hydrogen) atoms. The normalized spacial score (nSPS) is 11.3. The number of aryl methyl sites for hydroxylation is 2. The molecule has 180 valence electrons. The highest BCUT2D eigenvalue weighted by molar-refractivity contribution is 5.95. The first-order valence-electron chi connectivity index (χ1n) is 12.5. The van der Waals surface area contributed by atoms with Crippen molar-refractivity contribution in [3.05, 3.63) is 64.2 Å². The third-order valence-corrected chi connectivity index (χ3v) is 6.79. The fraction of sp³-hybridized carbons (Fsp3) is 0.517. The number of carbonyl (C=O) groups excluding carboxylic acids is 2. The first kappa shape index (κ1) is 26.6. The van der Waals surface area contributed by atoms with E-state index in [-0.39, 0.29) is 11.3 Å². The summed E-state index contributed by atoms with van der Waals surface area (Å²) in [5.74, 6) is 0.928. The summed E-state index contributed by atoms with van der Waals surface area (Å²) in [7, 11) is 0. The highest BCUT2D eigenvalue weighted by atomic mass is 16.5. The lowest BCUT2D eigenvalue weighted by Crippen LogP contribution is -2.28. The first-order valence-corrected chi connectivity index (χ1v) is 12.5. The molecule has 0 aliphatic rings. The smallest absolute Gasteiger partial charge is 0.251 e. The van der Waals surface area contributed by atoms with Crippen LogP contribution in [-0.2, 0) is 10.2 Å². The van der Waals surface area contributed by atoms with Gasteiger partial charge in [-0.05, 0) is 80.8 Å². The summed E-state index contributed by atoms with van der Waals surface area (Å²) in [6, 6.07) is 12.8. The van der Waals surface area contributed by atoms with Gasteiger partial charge in [0.25, 0.3) is 5.91 Å². The Hall–Kier alpha value is -2.62. The van der Waals surface area contributed by atoms with Crippen LogP contribution < -0.4 is 10.1 Å². The second-order valence-corrected chi connectivity index (χ2v) is 8.86. The molecule has 0 fully saturated rings. The summed E-state index contributed by atoms with van der Waals surface area (Å²) in [5, 5.41) is 3.05. The average molecular weight is 452 g/mol. The Labute approximate surface area is 200 Å². The Kier molecular flexibility index (Phi) is 10.6. The molecule has 0 heterocycles. The lowest BCUT2D eigenvalue weighted by Gasteiger charge is -2.34. The minimum Gasteiger partial charge on any atom is -0.494 e. The van der Waals surface area contributed by atoms with E-state index in [0.717, 1.165) is 67.3 Å². The third-order valence-electron chi connectivity index (χ3n) is 6.79. The number of hydrogen-bond acceptors (Lipinski definition) is 3. The minimum atomic E-state index is -0.100. The van der Waals surface area contributed by atoms with E-state index in [1.165, 1.54) is 11.1 Å². The molecule has 0 saturated heterocycles. The zero-order valence-electron chi connectivity index (χ0n) is 21.1. The van der Waals surface area contributed by atoms with Crippen molar-refractivity contribution in [1.82, 2.24) is 5.32 Å². The van der Waals surface area contributed by atoms with E-state index in [1.54, 1.807) is 0 Å². The zero-order chi connectivity index (χ0) is 24.3. The quantitative estimate of drug-likeness (QED) is 0.257. The maximum Gasteiger partial charge on any atom is 0.251 e. The molecular weight excluding hydrogens is 410 g/mol. The van der Waals surface area contributed by atoms with Crippen molar-refractivity contribution >= 4 is 12.2 Å². The molecule has 2 aromatic carbocycles. The van der Waals surface area contributed by atoms with Crippen LogP contribution >= 0.6 is 0 Å². The van der Waals surface area contributed by atoms with Crippen molar-refractivity contribution in [3.63, 3.8) is 0 Å². The first-order chi connectivity index (χ1) is 15.9. The molecule has 0 atom stereocenters. The molecule has 2 rings (SSSR count). The third kappa shape index (κ3) is 6.69. The second-order valence-electron chi connectivity index (χ2n) is 8.86. The van der Waals surface area contributed by atoms with Gasteiger partial charge in [0, 0.05) is 23.9 Å². The number of amides is 1. The lowest BCUT2D eigenvalue weighted by atomic mass is 9.70. The average Bonchev–Trinajstić information content (AvgIpc) is 2.81. The van der Waals surface area contributed by atoms with Crippen LogP contribution in [0, 0.1) is 13.8 Å². The van der Waals surface area contributed by atoms with Crippen molar-refractivity contribution < 1.29 is 14.3 Å². The Morgan fingerprint density at radius 1 is 0.909 bits per heavy atom. The van der Waals surface area contributed by atoms with Gasteiger partial charge < -0.3 is 14.8 Å². The van der Waals surface area contributed by atoms with Gasteiger partial charge in [-0.25, -0.2) is 0 Å². The van der Waals surface area contributed by atoms with Gasteiger partial charge >= 0.3 is 0 Å². The summed E-state index contributed by atoms with van der Waals surface area (Å²) in [6.45, 7) is 11.9. The van der Waals surface area contributed by atoms with Gasteiger partial charge in [-0.1, -0.05) is 51.0 Å². The van der Waals surface area contributed by atoms with Crippen LogP contribution in [0.4, 0.5) is 0 Å². The molecule has 0 aliphatic carbocycles. The number of benzene rings is 2. The molecule has 1 amide bonds. The molecule has 0 saturated carbocycles. The monoisotopic (exact) mass is 451 g/mol. The Balaban J connectivity index is 2.17. The van der Waals surface area contributed by atoms with E-state index >= 15 is 0 Å². The number of ether oxygens (including phenoxy) is 1. The highest BCUT2D eigenvalue weighted by Crippen LogP contribution is 2.40. The topological polar surface area (TPSA) is 55.4 Å². The number of aldehydes is 1. The Morgan fingerprint density at radius 2 is 1.55 bits per heavy atom. The molecule has 0 aliphatic heterocycles. The van der Waals surface area contributed by atoms with Gasteiger partial charge in [-0.15, -0.1) is 0 Å². The van der Waals surface area contributed by atoms with Crippen molar-refractivity contribution in [2.24, 2.45) is 0 Å². The fourth-order valence-corrected chi connectivity index (χ4v) is 4.72. The van der Waals surface area contributed by atoms with Crippen LogP contribution in [0.1, 0.15) is 98.3 Å². The van der Waals surface area contributed by atoms with Crippen molar-refractivity contribution in [1.29, 1.82) is 0 Å². The number of unbranched alkanes of at least 4 members (excludes halogenated alkanes) is 4. The molecule has 2 aromatic rings. The van der Waals surface area contributed by atoms with Gasteiger partial charge in [0.05, 0.1) is 6.61 Å². The maximum absolute atomic E-state index is 12.7. The minimum absolute atomic E-state index is 0.0116. The van der Waals surface area contributed by atoms with E-state index in [9.17, 15) is 9.59 Å². The van der Waals surface area contributed by atoms with Crippen LogP contribution in [0.2, 0.25) is 0 Å². The molecule has 4 nitrogen and oxygen atoms in total. The van der Waals surface area contributed by atoms with E-state index < -0.39 is 0 Å². The summed E-state index contributed by atoms with van der Waals surface area (Å²) >= 11 is 0. The van der Waals surface area contributed by atoms with E-state index in [2.05, 4.69) is 56.4 Å². The predicted octanol–water partition coefficient (Wildman–Crippen LogP) is 6.69. The summed E-state index contributed by atoms with van der Waals surface area (Å²) in [4.78, 5) is 23.1. The SMILES string of the molecule is CCOc1ccc(C(CC)(CC)c2ccc(C(=O)NCCCCCCC=O)c(C)c2)cc1C. The van der Waals surface area contributed by atoms with Crippen LogP contribution in [0.3, 0.4) is 0 Å². The largest absolute Gasteiger partial charge is 0.494 e. The maximum atomic E-state index is 12.7. The summed E-state index contributed by atoms with van der Waals surface area (Å²) < 4.78 is 5.74. The molecule has 0 spiro atoms. The number of hydrogen-bond donors (Lipinski definition) is 1. The number of rotatable bonds is 14. The van der Waals surface area contributed by atoms with E-state index in [4.69, 9.17) is 4.74 Å². The molecular formula is C29H41NO3. The molecule has 0 bridgehead atoms. The highest BCUT2D eigenvalue weighted by Gasteiger charge is 2.31.